The van der Waals surface area contributed by atoms with Crippen molar-refractivity contribution < 1.29 is 14.7 Å². The van der Waals surface area contributed by atoms with E-state index in [2.05, 4.69) is 5.16 Å². The van der Waals surface area contributed by atoms with E-state index in [4.69, 9.17) is 9.62 Å². The number of rotatable bonds is 1. The Balaban J connectivity index is 3.00. The van der Waals surface area contributed by atoms with Gasteiger partial charge in [0, 0.05) is 11.5 Å². The third-order valence-corrected chi connectivity index (χ3v) is 2.61. The van der Waals surface area contributed by atoms with Crippen LogP contribution in [0, 0.1) is 6.92 Å². The van der Waals surface area contributed by atoms with Crippen LogP contribution in [0.2, 0.25) is 0 Å². The molecule has 0 radical (unpaired) electrons. The van der Waals surface area contributed by atoms with Crippen LogP contribution >= 0.6 is 0 Å². The van der Waals surface area contributed by atoms with Crippen molar-refractivity contribution in [2.75, 3.05) is 0 Å². The number of hydrogen-bond donors (Lipinski definition) is 2. The van der Waals surface area contributed by atoms with E-state index in [0.717, 1.165) is 5.56 Å². The van der Waals surface area contributed by atoms with Gasteiger partial charge >= 0.3 is 5.63 Å². The average molecular weight is 233 g/mol. The van der Waals surface area contributed by atoms with Gasteiger partial charge in [-0.2, -0.15) is 0 Å². The fourth-order valence-corrected chi connectivity index (χ4v) is 1.77. The highest BCUT2D eigenvalue weighted by Crippen LogP contribution is 2.28. The molecule has 0 bridgehead atoms. The molecule has 2 aromatic rings. The molecule has 0 saturated carbocycles. The smallest absolute Gasteiger partial charge is 0.336 e. The largest absolute Gasteiger partial charge is 0.507 e. The van der Waals surface area contributed by atoms with E-state index in [9.17, 15) is 9.90 Å². The highest BCUT2D eigenvalue weighted by Gasteiger charge is 2.14. The lowest BCUT2D eigenvalue weighted by Gasteiger charge is -2.07. The van der Waals surface area contributed by atoms with E-state index in [1.807, 2.05) is 0 Å². The quantitative estimate of drug-likeness (QED) is 0.341. The van der Waals surface area contributed by atoms with E-state index in [-0.39, 0.29) is 22.6 Å². The predicted octanol–water partition coefficient (Wildman–Crippen LogP) is 2.01. The molecule has 0 aliphatic heterocycles. The van der Waals surface area contributed by atoms with Crippen LogP contribution in [0.1, 0.15) is 18.1 Å². The Hall–Kier alpha value is -2.30. The molecule has 0 aliphatic carbocycles. The van der Waals surface area contributed by atoms with Gasteiger partial charge in [-0.3, -0.25) is 0 Å². The van der Waals surface area contributed by atoms with Gasteiger partial charge in [-0.1, -0.05) is 5.16 Å². The van der Waals surface area contributed by atoms with Gasteiger partial charge in [0.05, 0.1) is 11.3 Å². The second kappa shape index (κ2) is 3.93. The highest BCUT2D eigenvalue weighted by molar-refractivity contribution is 6.10. The SMILES string of the molecule is C/C(=N/O)c1c(O)ccc2c(C)cc(=O)oc12. The van der Waals surface area contributed by atoms with Crippen molar-refractivity contribution >= 4 is 16.7 Å². The van der Waals surface area contributed by atoms with Crippen LogP contribution in [-0.2, 0) is 0 Å². The normalized spacial score (nSPS) is 12.0. The first-order valence-corrected chi connectivity index (χ1v) is 5.00. The minimum absolute atomic E-state index is 0.0958. The number of nitrogens with zero attached hydrogens (tertiary/aromatic N) is 1. The van der Waals surface area contributed by atoms with Gasteiger partial charge in [0.2, 0.25) is 0 Å². The third-order valence-electron chi connectivity index (χ3n) is 2.61. The summed E-state index contributed by atoms with van der Waals surface area (Å²) >= 11 is 0. The Kier molecular flexibility index (Phi) is 2.59. The van der Waals surface area contributed by atoms with Gasteiger partial charge < -0.3 is 14.7 Å². The van der Waals surface area contributed by atoms with Crippen LogP contribution in [-0.4, -0.2) is 16.0 Å². The monoisotopic (exact) mass is 233 g/mol. The fourth-order valence-electron chi connectivity index (χ4n) is 1.77. The first-order chi connectivity index (χ1) is 8.04. The zero-order chi connectivity index (χ0) is 12.6. The van der Waals surface area contributed by atoms with Crippen molar-refractivity contribution in [3.63, 3.8) is 0 Å². The number of oxime groups is 1. The average Bonchev–Trinajstić information content (AvgIpc) is 2.27. The molecule has 1 aromatic heterocycles. The number of phenolic OH excluding ortho intramolecular Hbond substituents is 1. The first-order valence-electron chi connectivity index (χ1n) is 5.00. The Morgan fingerprint density at radius 2 is 2.12 bits per heavy atom. The maximum Gasteiger partial charge on any atom is 0.336 e. The summed E-state index contributed by atoms with van der Waals surface area (Å²) in [6, 6.07) is 4.49. The van der Waals surface area contributed by atoms with Gasteiger partial charge in [-0.15, -0.1) is 0 Å². The van der Waals surface area contributed by atoms with Crippen molar-refractivity contribution in [3.8, 4) is 5.75 Å². The lowest BCUT2D eigenvalue weighted by atomic mass is 10.0. The molecule has 5 heteroatoms. The fraction of sp³-hybridized carbons (Fsp3) is 0.167. The molecule has 17 heavy (non-hydrogen) atoms. The summed E-state index contributed by atoms with van der Waals surface area (Å²) in [6.07, 6.45) is 0. The van der Waals surface area contributed by atoms with Crippen LogP contribution in [0.5, 0.6) is 5.75 Å². The molecular formula is C12H11NO4. The Labute approximate surface area is 96.6 Å². The van der Waals surface area contributed by atoms with E-state index in [1.54, 1.807) is 13.0 Å². The molecule has 1 aromatic carbocycles. The number of fused-ring (bicyclic) bond motifs is 1. The molecule has 0 atom stereocenters. The molecule has 0 aliphatic rings. The van der Waals surface area contributed by atoms with E-state index >= 15 is 0 Å². The summed E-state index contributed by atoms with van der Waals surface area (Å²) in [7, 11) is 0. The molecule has 88 valence electrons. The van der Waals surface area contributed by atoms with Crippen molar-refractivity contribution in [1.82, 2.24) is 0 Å². The Morgan fingerprint density at radius 3 is 2.76 bits per heavy atom. The lowest BCUT2D eigenvalue weighted by molar-refractivity contribution is 0.318. The molecule has 0 spiro atoms. The molecule has 5 nitrogen and oxygen atoms in total. The zero-order valence-corrected chi connectivity index (χ0v) is 9.39. The number of phenols is 1. The summed E-state index contributed by atoms with van der Waals surface area (Å²) < 4.78 is 5.07. The van der Waals surface area contributed by atoms with Crippen LogP contribution < -0.4 is 5.63 Å². The lowest BCUT2D eigenvalue weighted by Crippen LogP contribution is -2.03. The molecule has 1 heterocycles. The van der Waals surface area contributed by atoms with Crippen LogP contribution in [0.15, 0.2) is 32.6 Å². The van der Waals surface area contributed by atoms with Gasteiger partial charge in [-0.05, 0) is 31.5 Å². The Morgan fingerprint density at radius 1 is 1.41 bits per heavy atom. The first kappa shape index (κ1) is 11.2. The van der Waals surface area contributed by atoms with Crippen molar-refractivity contribution in [1.29, 1.82) is 0 Å². The zero-order valence-electron chi connectivity index (χ0n) is 9.39. The van der Waals surface area contributed by atoms with Crippen LogP contribution in [0.3, 0.4) is 0 Å². The maximum absolute atomic E-state index is 11.3. The minimum Gasteiger partial charge on any atom is -0.507 e. The van der Waals surface area contributed by atoms with Gasteiger partial charge in [-0.25, -0.2) is 4.79 Å². The summed E-state index contributed by atoms with van der Waals surface area (Å²) in [5.41, 5.74) is 0.869. The third kappa shape index (κ3) is 1.75. The molecule has 0 fully saturated rings. The number of hydrogen-bond acceptors (Lipinski definition) is 5. The summed E-state index contributed by atoms with van der Waals surface area (Å²) in [4.78, 5) is 11.3. The standard InChI is InChI=1S/C12H11NO4/c1-6-5-10(15)17-12-8(6)3-4-9(14)11(12)7(2)13-16/h3-5,14,16H,1-2H3/b13-7-. The Bertz CT molecular complexity index is 670. The molecular weight excluding hydrogens is 222 g/mol. The highest BCUT2D eigenvalue weighted by atomic mass is 16.4. The summed E-state index contributed by atoms with van der Waals surface area (Å²) in [6.45, 7) is 3.28. The number of aromatic hydroxyl groups is 1. The molecule has 2 N–H and O–H groups in total. The van der Waals surface area contributed by atoms with Gasteiger partial charge in [0.1, 0.15) is 5.75 Å². The maximum atomic E-state index is 11.3. The second-order valence-electron chi connectivity index (χ2n) is 3.77. The summed E-state index contributed by atoms with van der Waals surface area (Å²) in [5, 5.41) is 22.2. The van der Waals surface area contributed by atoms with Gasteiger partial charge in [0.15, 0.2) is 5.58 Å². The minimum atomic E-state index is -0.507. The number of benzene rings is 1. The second-order valence-corrected chi connectivity index (χ2v) is 3.77. The van der Waals surface area contributed by atoms with Crippen LogP contribution in [0.4, 0.5) is 0 Å². The molecule has 0 unspecified atom stereocenters. The van der Waals surface area contributed by atoms with E-state index in [0.29, 0.717) is 5.39 Å². The van der Waals surface area contributed by atoms with E-state index < -0.39 is 5.63 Å². The van der Waals surface area contributed by atoms with Crippen molar-refractivity contribution in [3.05, 3.63) is 39.7 Å². The van der Waals surface area contributed by atoms with Gasteiger partial charge in [0.25, 0.3) is 0 Å². The molecule has 2 rings (SSSR count). The topological polar surface area (TPSA) is 83.0 Å². The predicted molar refractivity (Wildman–Crippen MR) is 62.9 cm³/mol. The molecule has 0 amide bonds. The summed E-state index contributed by atoms with van der Waals surface area (Å²) in [5.74, 6) is -0.0958. The van der Waals surface area contributed by atoms with E-state index in [1.165, 1.54) is 19.1 Å². The van der Waals surface area contributed by atoms with Crippen molar-refractivity contribution in [2.45, 2.75) is 13.8 Å². The molecule has 0 saturated heterocycles. The van der Waals surface area contributed by atoms with Crippen LogP contribution in [0.25, 0.3) is 11.0 Å². The van der Waals surface area contributed by atoms with Crippen molar-refractivity contribution in [2.24, 2.45) is 5.16 Å². The number of aryl methyl sites for hydroxylation is 1.